The molecule has 0 aliphatic heterocycles. The summed E-state index contributed by atoms with van der Waals surface area (Å²) >= 11 is 6.03. The highest BCUT2D eigenvalue weighted by Gasteiger charge is 2.25. The van der Waals surface area contributed by atoms with Crippen LogP contribution in [-0.2, 0) is 16.6 Å². The Hall–Kier alpha value is -0.620. The van der Waals surface area contributed by atoms with Crippen molar-refractivity contribution in [2.24, 2.45) is 5.73 Å². The van der Waals surface area contributed by atoms with Crippen LogP contribution in [0.4, 0.5) is 0 Å². The molecule has 108 valence electrons. The van der Waals surface area contributed by atoms with E-state index in [9.17, 15) is 8.42 Å². The number of hydrogen-bond donors (Lipinski definition) is 1. The maximum Gasteiger partial charge on any atom is 0.244 e. The summed E-state index contributed by atoms with van der Waals surface area (Å²) in [6.07, 6.45) is 1.78. The van der Waals surface area contributed by atoms with E-state index in [2.05, 4.69) is 0 Å². The SMILES string of the molecule is CCCCN(CC)S(=O)(=O)c1cc(CN)ccc1Cl. The van der Waals surface area contributed by atoms with E-state index < -0.39 is 10.0 Å². The van der Waals surface area contributed by atoms with Crippen LogP contribution in [0.3, 0.4) is 0 Å². The van der Waals surface area contributed by atoms with Gasteiger partial charge in [-0.25, -0.2) is 8.42 Å². The Bertz CT molecular complexity index is 517. The summed E-state index contributed by atoms with van der Waals surface area (Å²) in [4.78, 5) is 0.148. The van der Waals surface area contributed by atoms with Gasteiger partial charge in [0.1, 0.15) is 4.90 Å². The van der Waals surface area contributed by atoms with Gasteiger partial charge in [-0.3, -0.25) is 0 Å². The van der Waals surface area contributed by atoms with Crippen LogP contribution in [0.2, 0.25) is 5.02 Å². The number of nitrogens with zero attached hydrogens (tertiary/aromatic N) is 1. The van der Waals surface area contributed by atoms with Gasteiger partial charge in [0.15, 0.2) is 0 Å². The molecule has 1 aromatic rings. The minimum absolute atomic E-state index is 0.148. The van der Waals surface area contributed by atoms with Gasteiger partial charge in [0.05, 0.1) is 5.02 Å². The normalized spacial score (nSPS) is 12.1. The van der Waals surface area contributed by atoms with Crippen LogP contribution < -0.4 is 5.73 Å². The Kier molecular flexibility index (Phi) is 6.26. The van der Waals surface area contributed by atoms with Crippen molar-refractivity contribution in [1.29, 1.82) is 0 Å². The lowest BCUT2D eigenvalue weighted by molar-refractivity contribution is 0.419. The van der Waals surface area contributed by atoms with Crippen molar-refractivity contribution in [1.82, 2.24) is 4.31 Å². The van der Waals surface area contributed by atoms with Crippen molar-refractivity contribution >= 4 is 21.6 Å². The van der Waals surface area contributed by atoms with Crippen molar-refractivity contribution < 1.29 is 8.42 Å². The number of benzene rings is 1. The highest BCUT2D eigenvalue weighted by atomic mass is 35.5. The Labute approximate surface area is 120 Å². The fraction of sp³-hybridized carbons (Fsp3) is 0.538. The van der Waals surface area contributed by atoms with Gasteiger partial charge >= 0.3 is 0 Å². The largest absolute Gasteiger partial charge is 0.326 e. The fourth-order valence-electron chi connectivity index (χ4n) is 1.79. The topological polar surface area (TPSA) is 63.4 Å². The monoisotopic (exact) mass is 304 g/mol. The summed E-state index contributed by atoms with van der Waals surface area (Å²) in [7, 11) is -3.54. The average molecular weight is 305 g/mol. The summed E-state index contributed by atoms with van der Waals surface area (Å²) in [6.45, 7) is 5.10. The Morgan fingerprint density at radius 1 is 1.32 bits per heavy atom. The Morgan fingerprint density at radius 3 is 2.53 bits per heavy atom. The standard InChI is InChI=1S/C13H21ClN2O2S/c1-3-5-8-16(4-2)19(17,18)13-9-11(10-15)6-7-12(13)14/h6-7,9H,3-5,8,10,15H2,1-2H3. The van der Waals surface area contributed by atoms with Crippen molar-refractivity contribution in [2.45, 2.75) is 38.1 Å². The van der Waals surface area contributed by atoms with Crippen LogP contribution in [0.25, 0.3) is 0 Å². The van der Waals surface area contributed by atoms with Crippen molar-refractivity contribution in [3.63, 3.8) is 0 Å². The van der Waals surface area contributed by atoms with Gasteiger partial charge < -0.3 is 5.73 Å². The van der Waals surface area contributed by atoms with Crippen LogP contribution in [0.1, 0.15) is 32.3 Å². The number of hydrogen-bond acceptors (Lipinski definition) is 3. The second kappa shape index (κ2) is 7.24. The molecule has 6 heteroatoms. The lowest BCUT2D eigenvalue weighted by Gasteiger charge is -2.21. The molecule has 1 aromatic carbocycles. The second-order valence-corrected chi connectivity index (χ2v) is 6.63. The number of halogens is 1. The van der Waals surface area contributed by atoms with Gasteiger partial charge in [0, 0.05) is 19.6 Å². The second-order valence-electron chi connectivity index (χ2n) is 4.32. The predicted octanol–water partition coefficient (Wildman–Crippen LogP) is 2.61. The fourth-order valence-corrected chi connectivity index (χ4v) is 3.81. The summed E-state index contributed by atoms with van der Waals surface area (Å²) in [5.41, 5.74) is 6.31. The van der Waals surface area contributed by atoms with Gasteiger partial charge in [-0.2, -0.15) is 4.31 Å². The molecule has 0 saturated carbocycles. The highest BCUT2D eigenvalue weighted by molar-refractivity contribution is 7.89. The molecule has 2 N–H and O–H groups in total. The lowest BCUT2D eigenvalue weighted by Crippen LogP contribution is -2.32. The van der Waals surface area contributed by atoms with E-state index in [1.54, 1.807) is 18.2 Å². The van der Waals surface area contributed by atoms with E-state index in [4.69, 9.17) is 17.3 Å². The molecular weight excluding hydrogens is 284 g/mol. The van der Waals surface area contributed by atoms with E-state index in [-0.39, 0.29) is 9.92 Å². The number of rotatable bonds is 7. The number of unbranched alkanes of at least 4 members (excludes halogenated alkanes) is 1. The van der Waals surface area contributed by atoms with Crippen LogP contribution in [0.15, 0.2) is 23.1 Å². The molecule has 0 radical (unpaired) electrons. The van der Waals surface area contributed by atoms with Crippen molar-refractivity contribution in [2.75, 3.05) is 13.1 Å². The number of nitrogens with two attached hydrogens (primary N) is 1. The minimum atomic E-state index is -3.54. The molecule has 0 unspecified atom stereocenters. The Balaban J connectivity index is 3.17. The maximum atomic E-state index is 12.6. The molecule has 0 aliphatic rings. The van der Waals surface area contributed by atoms with E-state index in [0.717, 1.165) is 18.4 Å². The molecule has 0 heterocycles. The molecule has 0 spiro atoms. The van der Waals surface area contributed by atoms with Crippen LogP contribution >= 0.6 is 11.6 Å². The van der Waals surface area contributed by atoms with E-state index in [1.807, 2.05) is 13.8 Å². The first-order chi connectivity index (χ1) is 8.97. The van der Waals surface area contributed by atoms with Crippen LogP contribution in [0, 0.1) is 0 Å². The van der Waals surface area contributed by atoms with Crippen molar-refractivity contribution in [3.8, 4) is 0 Å². The highest BCUT2D eigenvalue weighted by Crippen LogP contribution is 2.26. The summed E-state index contributed by atoms with van der Waals surface area (Å²) in [6, 6.07) is 4.89. The lowest BCUT2D eigenvalue weighted by atomic mass is 10.2. The van der Waals surface area contributed by atoms with E-state index in [1.165, 1.54) is 4.31 Å². The third-order valence-corrected chi connectivity index (χ3v) is 5.42. The first-order valence-corrected chi connectivity index (χ1v) is 8.27. The predicted molar refractivity (Wildman–Crippen MR) is 78.7 cm³/mol. The van der Waals surface area contributed by atoms with Crippen molar-refractivity contribution in [3.05, 3.63) is 28.8 Å². The van der Waals surface area contributed by atoms with Gasteiger partial charge in [0.25, 0.3) is 0 Å². The molecule has 0 fully saturated rings. The summed E-state index contributed by atoms with van der Waals surface area (Å²) in [5, 5.41) is 0.243. The zero-order valence-electron chi connectivity index (χ0n) is 11.4. The van der Waals surface area contributed by atoms with Crippen LogP contribution in [0.5, 0.6) is 0 Å². The molecule has 1 rings (SSSR count). The zero-order chi connectivity index (χ0) is 14.5. The molecular formula is C13H21ClN2O2S. The van der Waals surface area contributed by atoms with Gasteiger partial charge in [0.2, 0.25) is 10.0 Å². The summed E-state index contributed by atoms with van der Waals surface area (Å²) in [5.74, 6) is 0. The molecule has 0 saturated heterocycles. The smallest absolute Gasteiger partial charge is 0.244 e. The molecule has 0 aliphatic carbocycles. The molecule has 0 atom stereocenters. The molecule has 0 aromatic heterocycles. The minimum Gasteiger partial charge on any atom is -0.326 e. The first kappa shape index (κ1) is 16.4. The molecule has 0 bridgehead atoms. The third kappa shape index (κ3) is 3.92. The molecule has 19 heavy (non-hydrogen) atoms. The van der Waals surface area contributed by atoms with E-state index in [0.29, 0.717) is 19.6 Å². The quantitative estimate of drug-likeness (QED) is 0.842. The first-order valence-electron chi connectivity index (χ1n) is 6.46. The molecule has 4 nitrogen and oxygen atoms in total. The third-order valence-electron chi connectivity index (χ3n) is 2.96. The Morgan fingerprint density at radius 2 is 2.00 bits per heavy atom. The molecule has 0 amide bonds. The van der Waals surface area contributed by atoms with Gasteiger partial charge in [-0.05, 0) is 24.1 Å². The average Bonchev–Trinajstić information content (AvgIpc) is 2.39. The van der Waals surface area contributed by atoms with Gasteiger partial charge in [-0.1, -0.05) is 37.9 Å². The van der Waals surface area contributed by atoms with Gasteiger partial charge in [-0.15, -0.1) is 0 Å². The van der Waals surface area contributed by atoms with E-state index >= 15 is 0 Å². The maximum absolute atomic E-state index is 12.6. The number of sulfonamides is 1. The summed E-state index contributed by atoms with van der Waals surface area (Å²) < 4.78 is 26.6. The zero-order valence-corrected chi connectivity index (χ0v) is 13.0. The van der Waals surface area contributed by atoms with Crippen LogP contribution in [-0.4, -0.2) is 25.8 Å².